The Morgan fingerprint density at radius 1 is 1.06 bits per heavy atom. The van der Waals surface area contributed by atoms with Gasteiger partial charge in [-0.05, 0) is 54.8 Å². The number of carboxylic acids is 1. The standard InChI is InChI=1S/C20H20N4O6S/c1-2-3-4-13-5-7-14(8-6-13)21-22-17-18(20(26)27)23-24(19(17)25)15-9-11-16(12-10-15)31(28,29)30/h5-12,23H,2-4H2,1H3,(H,26,27)(H,28,29,30). The predicted molar refractivity (Wildman–Crippen MR) is 112 cm³/mol. The molecule has 3 N–H and O–H groups in total. The van der Waals surface area contributed by atoms with Crippen molar-refractivity contribution in [2.75, 3.05) is 0 Å². The fraction of sp³-hybridized carbons (Fsp3) is 0.200. The molecule has 10 nitrogen and oxygen atoms in total. The lowest BCUT2D eigenvalue weighted by Crippen LogP contribution is -2.14. The zero-order valence-electron chi connectivity index (χ0n) is 16.5. The van der Waals surface area contributed by atoms with Crippen LogP contribution in [0.15, 0.2) is 68.4 Å². The van der Waals surface area contributed by atoms with Gasteiger partial charge in [-0.25, -0.2) is 9.48 Å². The summed E-state index contributed by atoms with van der Waals surface area (Å²) in [5, 5.41) is 19.7. The summed E-state index contributed by atoms with van der Waals surface area (Å²) in [4.78, 5) is 23.9. The molecule has 0 radical (unpaired) electrons. The first-order valence-electron chi connectivity index (χ1n) is 9.37. The second-order valence-corrected chi connectivity index (χ2v) is 8.14. The van der Waals surface area contributed by atoms with E-state index in [2.05, 4.69) is 22.3 Å². The highest BCUT2D eigenvalue weighted by atomic mass is 32.2. The van der Waals surface area contributed by atoms with Gasteiger partial charge in [-0.15, -0.1) is 5.11 Å². The second kappa shape index (κ2) is 9.06. The molecule has 0 unspecified atom stereocenters. The second-order valence-electron chi connectivity index (χ2n) is 6.72. The zero-order chi connectivity index (χ0) is 22.6. The average Bonchev–Trinajstić information content (AvgIpc) is 3.07. The number of azo groups is 1. The van der Waals surface area contributed by atoms with E-state index < -0.39 is 33.0 Å². The number of carbonyl (C=O) groups is 1. The zero-order valence-corrected chi connectivity index (χ0v) is 17.3. The molecule has 0 aliphatic heterocycles. The highest BCUT2D eigenvalue weighted by Crippen LogP contribution is 2.21. The molecule has 3 rings (SSSR count). The summed E-state index contributed by atoms with van der Waals surface area (Å²) in [7, 11) is -4.40. The summed E-state index contributed by atoms with van der Waals surface area (Å²) < 4.78 is 32.3. The van der Waals surface area contributed by atoms with Crippen molar-refractivity contribution >= 4 is 27.5 Å². The Bertz CT molecular complexity index is 1270. The summed E-state index contributed by atoms with van der Waals surface area (Å²) in [5.41, 5.74) is 0.112. The van der Waals surface area contributed by atoms with Gasteiger partial charge in [0.25, 0.3) is 15.7 Å². The van der Waals surface area contributed by atoms with Gasteiger partial charge in [0.2, 0.25) is 0 Å². The van der Waals surface area contributed by atoms with E-state index in [0.29, 0.717) is 5.69 Å². The van der Waals surface area contributed by atoms with E-state index in [0.717, 1.165) is 41.6 Å². The number of aryl methyl sites for hydroxylation is 1. The molecule has 2 aromatic carbocycles. The quantitative estimate of drug-likeness (QED) is 0.354. The van der Waals surface area contributed by atoms with Crippen LogP contribution >= 0.6 is 0 Å². The lowest BCUT2D eigenvalue weighted by Gasteiger charge is -2.02. The van der Waals surface area contributed by atoms with E-state index in [1.807, 2.05) is 12.1 Å². The van der Waals surface area contributed by atoms with Gasteiger partial charge in [-0.3, -0.25) is 14.4 Å². The molecule has 0 spiro atoms. The largest absolute Gasteiger partial charge is 0.476 e. The Hall–Kier alpha value is -3.57. The number of rotatable bonds is 8. The van der Waals surface area contributed by atoms with E-state index in [9.17, 15) is 23.1 Å². The topological polar surface area (TPSA) is 154 Å². The lowest BCUT2D eigenvalue weighted by molar-refractivity contribution is 0.0690. The number of nitrogens with one attached hydrogen (secondary N) is 1. The minimum Gasteiger partial charge on any atom is -0.476 e. The molecule has 31 heavy (non-hydrogen) atoms. The van der Waals surface area contributed by atoms with Crippen molar-refractivity contribution in [1.29, 1.82) is 0 Å². The van der Waals surface area contributed by atoms with Gasteiger partial charge in [0.1, 0.15) is 0 Å². The van der Waals surface area contributed by atoms with Gasteiger partial charge in [-0.1, -0.05) is 25.5 Å². The third kappa shape index (κ3) is 5.13. The van der Waals surface area contributed by atoms with Crippen LogP contribution in [-0.4, -0.2) is 33.8 Å². The third-order valence-corrected chi connectivity index (χ3v) is 5.36. The molecule has 0 amide bonds. The van der Waals surface area contributed by atoms with Gasteiger partial charge < -0.3 is 5.11 Å². The van der Waals surface area contributed by atoms with Crippen molar-refractivity contribution in [2.45, 2.75) is 31.1 Å². The van der Waals surface area contributed by atoms with Crippen LogP contribution < -0.4 is 5.56 Å². The van der Waals surface area contributed by atoms with Crippen molar-refractivity contribution in [2.24, 2.45) is 10.2 Å². The molecule has 162 valence electrons. The van der Waals surface area contributed by atoms with Gasteiger partial charge >= 0.3 is 5.97 Å². The maximum atomic E-state index is 12.7. The molecule has 0 atom stereocenters. The first-order chi connectivity index (χ1) is 14.7. The van der Waals surface area contributed by atoms with Crippen LogP contribution in [0.2, 0.25) is 0 Å². The monoisotopic (exact) mass is 444 g/mol. The molecular formula is C20H20N4O6S. The summed E-state index contributed by atoms with van der Waals surface area (Å²) in [6.45, 7) is 2.11. The Balaban J connectivity index is 1.94. The number of aromatic amines is 1. The summed E-state index contributed by atoms with van der Waals surface area (Å²) in [6.07, 6.45) is 3.09. The smallest absolute Gasteiger partial charge is 0.356 e. The molecule has 0 bridgehead atoms. The first-order valence-corrected chi connectivity index (χ1v) is 10.8. The van der Waals surface area contributed by atoms with Crippen LogP contribution in [0.5, 0.6) is 0 Å². The van der Waals surface area contributed by atoms with Crippen LogP contribution in [-0.2, 0) is 16.5 Å². The van der Waals surface area contributed by atoms with E-state index in [4.69, 9.17) is 4.55 Å². The number of nitrogens with zero attached hydrogens (tertiary/aromatic N) is 3. The summed E-state index contributed by atoms with van der Waals surface area (Å²) in [5.74, 6) is -1.41. The molecule has 0 fully saturated rings. The van der Waals surface area contributed by atoms with Crippen LogP contribution in [0.3, 0.4) is 0 Å². The van der Waals surface area contributed by atoms with Gasteiger partial charge in [0.05, 0.1) is 16.3 Å². The number of unbranched alkanes of at least 4 members (excludes halogenated alkanes) is 1. The number of benzene rings is 2. The molecular weight excluding hydrogens is 424 g/mol. The van der Waals surface area contributed by atoms with Crippen molar-refractivity contribution in [3.63, 3.8) is 0 Å². The Kier molecular flexibility index (Phi) is 6.47. The van der Waals surface area contributed by atoms with Crippen LogP contribution in [0.4, 0.5) is 11.4 Å². The lowest BCUT2D eigenvalue weighted by atomic mass is 10.1. The molecule has 0 aliphatic rings. The van der Waals surface area contributed by atoms with Crippen molar-refractivity contribution in [1.82, 2.24) is 9.78 Å². The van der Waals surface area contributed by atoms with Crippen molar-refractivity contribution in [3.8, 4) is 5.69 Å². The summed E-state index contributed by atoms with van der Waals surface area (Å²) in [6, 6.07) is 11.9. The fourth-order valence-corrected chi connectivity index (χ4v) is 3.32. The van der Waals surface area contributed by atoms with Gasteiger partial charge in [0.15, 0.2) is 11.4 Å². The van der Waals surface area contributed by atoms with Crippen LogP contribution in [0, 0.1) is 0 Å². The molecule has 1 heterocycles. The van der Waals surface area contributed by atoms with Crippen LogP contribution in [0.1, 0.15) is 35.8 Å². The Morgan fingerprint density at radius 3 is 2.26 bits per heavy atom. The number of H-pyrrole nitrogens is 1. The SMILES string of the molecule is CCCCc1ccc(N=Nc2c(C(=O)O)[nH]n(-c3ccc(S(=O)(=O)O)cc3)c2=O)cc1. The normalized spacial score (nSPS) is 11.8. The Morgan fingerprint density at radius 2 is 1.71 bits per heavy atom. The number of carboxylic acid groups (broad SMARTS) is 1. The minimum atomic E-state index is -4.40. The first kappa shape index (κ1) is 22.1. The Labute approximate surface area is 177 Å². The maximum absolute atomic E-state index is 12.7. The van der Waals surface area contributed by atoms with E-state index in [1.165, 1.54) is 12.1 Å². The van der Waals surface area contributed by atoms with Gasteiger partial charge in [0, 0.05) is 0 Å². The number of aromatic nitrogens is 2. The van der Waals surface area contributed by atoms with E-state index in [1.54, 1.807) is 12.1 Å². The molecule has 0 saturated carbocycles. The highest BCUT2D eigenvalue weighted by molar-refractivity contribution is 7.85. The fourth-order valence-electron chi connectivity index (χ4n) is 2.84. The molecule has 3 aromatic rings. The molecule has 11 heteroatoms. The predicted octanol–water partition coefficient (Wildman–Crippen LogP) is 3.87. The van der Waals surface area contributed by atoms with Crippen molar-refractivity contribution < 1.29 is 22.9 Å². The van der Waals surface area contributed by atoms with Gasteiger partial charge in [-0.2, -0.15) is 13.5 Å². The van der Waals surface area contributed by atoms with E-state index in [-0.39, 0.29) is 10.6 Å². The average molecular weight is 444 g/mol. The van der Waals surface area contributed by atoms with Crippen LogP contribution in [0.25, 0.3) is 5.69 Å². The van der Waals surface area contributed by atoms with E-state index >= 15 is 0 Å². The minimum absolute atomic E-state index is 0.154. The number of hydrogen-bond donors (Lipinski definition) is 3. The number of aromatic carboxylic acids is 1. The third-order valence-electron chi connectivity index (χ3n) is 4.49. The highest BCUT2D eigenvalue weighted by Gasteiger charge is 2.21. The molecule has 0 aliphatic carbocycles. The summed E-state index contributed by atoms with van der Waals surface area (Å²) >= 11 is 0. The molecule has 0 saturated heterocycles. The maximum Gasteiger partial charge on any atom is 0.356 e. The molecule has 1 aromatic heterocycles. The van der Waals surface area contributed by atoms with Crippen molar-refractivity contribution in [3.05, 3.63) is 70.1 Å². The number of hydrogen-bond acceptors (Lipinski definition) is 6.